The number of nitrogens with zero attached hydrogens (tertiary/aromatic N) is 7. The highest BCUT2D eigenvalue weighted by Gasteiger charge is 2.51. The molecule has 0 saturated carbocycles. The van der Waals surface area contributed by atoms with E-state index in [0.29, 0.717) is 43.0 Å². The predicted molar refractivity (Wildman–Crippen MR) is 165 cm³/mol. The molecule has 4 aromatic heterocycles. The summed E-state index contributed by atoms with van der Waals surface area (Å²) >= 11 is 0. The number of ether oxygens (including phenoxy) is 3. The monoisotopic (exact) mass is 719 g/mol. The van der Waals surface area contributed by atoms with E-state index in [1.54, 1.807) is 30.3 Å². The van der Waals surface area contributed by atoms with Crippen molar-refractivity contribution >= 4 is 39.5 Å². The van der Waals surface area contributed by atoms with Crippen LogP contribution in [0.4, 0.5) is 37.8 Å². The molecular weight excluding hydrogens is 692 g/mol. The first-order chi connectivity index (χ1) is 24.2. The van der Waals surface area contributed by atoms with Crippen molar-refractivity contribution in [3.63, 3.8) is 0 Å². The number of para-hydroxylation sites is 1. The second-order valence-corrected chi connectivity index (χ2v) is 12.6. The zero-order chi connectivity index (χ0) is 35.9. The van der Waals surface area contributed by atoms with Gasteiger partial charge in [-0.05, 0) is 25.1 Å². The Hall–Kier alpha value is -5.17. The third kappa shape index (κ3) is 5.63. The lowest BCUT2D eigenvalue weighted by molar-refractivity contribution is -0.228. The van der Waals surface area contributed by atoms with E-state index in [9.17, 15) is 36.2 Å². The smallest absolute Gasteiger partial charge is 0.480 e. The number of hydrogen-bond acceptors (Lipinski definition) is 11. The molecule has 19 heteroatoms. The second kappa shape index (κ2) is 11.7. The molecule has 0 radical (unpaired) electrons. The highest BCUT2D eigenvalue weighted by molar-refractivity contribution is 6.06. The minimum atomic E-state index is -4.95. The first-order valence-electron chi connectivity index (χ1n) is 15.7. The number of rotatable bonds is 6. The summed E-state index contributed by atoms with van der Waals surface area (Å²) in [5.74, 6) is -3.12. The van der Waals surface area contributed by atoms with Crippen LogP contribution in [0.2, 0.25) is 0 Å². The Morgan fingerprint density at radius 2 is 1.84 bits per heavy atom. The number of carboxylic acid groups (broad SMARTS) is 1. The number of hydrogen-bond donors (Lipinski definition) is 1. The Labute approximate surface area is 283 Å². The van der Waals surface area contributed by atoms with Gasteiger partial charge in [-0.3, -0.25) is 0 Å². The molecule has 3 fully saturated rings. The molecule has 1 N–H and O–H groups in total. The highest BCUT2D eigenvalue weighted by Crippen LogP contribution is 2.42. The Morgan fingerprint density at radius 1 is 1.06 bits per heavy atom. The maximum atomic E-state index is 14.1. The van der Waals surface area contributed by atoms with Gasteiger partial charge in [-0.15, -0.1) is 13.2 Å². The molecule has 1 aromatic carbocycles. The lowest BCUT2D eigenvalue weighted by atomic mass is 9.90. The molecule has 0 aliphatic carbocycles. The molecular formula is C32H27F6N7O6. The fourth-order valence-corrected chi connectivity index (χ4v) is 6.81. The van der Waals surface area contributed by atoms with E-state index in [2.05, 4.69) is 20.1 Å². The minimum Gasteiger partial charge on any atom is -0.480 e. The third-order valence-corrected chi connectivity index (χ3v) is 9.51. The van der Waals surface area contributed by atoms with Crippen molar-refractivity contribution in [3.05, 3.63) is 54.7 Å². The van der Waals surface area contributed by atoms with Gasteiger partial charge in [0.1, 0.15) is 34.5 Å². The summed E-state index contributed by atoms with van der Waals surface area (Å²) in [6.45, 7) is 2.97. The van der Waals surface area contributed by atoms with Gasteiger partial charge >= 0.3 is 18.4 Å². The van der Waals surface area contributed by atoms with Gasteiger partial charge in [0.05, 0.1) is 38.6 Å². The summed E-state index contributed by atoms with van der Waals surface area (Å²) in [5.41, 5.74) is 0.175. The van der Waals surface area contributed by atoms with Crippen molar-refractivity contribution in [2.75, 3.05) is 42.7 Å². The van der Waals surface area contributed by atoms with Gasteiger partial charge in [0.25, 0.3) is 0 Å². The van der Waals surface area contributed by atoms with Crippen LogP contribution in [0.5, 0.6) is 5.88 Å². The number of halogens is 6. The molecule has 13 nitrogen and oxygen atoms in total. The third-order valence-electron chi connectivity index (χ3n) is 9.51. The number of aromatic nitrogens is 5. The van der Waals surface area contributed by atoms with Gasteiger partial charge in [-0.1, -0.05) is 12.1 Å². The maximum absolute atomic E-state index is 14.1. The van der Waals surface area contributed by atoms with Crippen molar-refractivity contribution in [3.8, 4) is 17.0 Å². The second-order valence-electron chi connectivity index (χ2n) is 12.6. The van der Waals surface area contributed by atoms with Crippen molar-refractivity contribution < 1.29 is 54.9 Å². The summed E-state index contributed by atoms with van der Waals surface area (Å²) in [7, 11) is 0. The lowest BCUT2D eigenvalue weighted by Crippen LogP contribution is -2.68. The van der Waals surface area contributed by atoms with Crippen LogP contribution in [-0.2, 0) is 26.7 Å². The van der Waals surface area contributed by atoms with Crippen molar-refractivity contribution in [2.45, 2.75) is 49.6 Å². The number of fused-ring (bicyclic) bond motifs is 3. The van der Waals surface area contributed by atoms with Crippen molar-refractivity contribution in [2.24, 2.45) is 0 Å². The Balaban J connectivity index is 1.18. The summed E-state index contributed by atoms with van der Waals surface area (Å²) < 4.78 is 106. The highest BCUT2D eigenvalue weighted by atomic mass is 19.4. The quantitative estimate of drug-likeness (QED) is 0.230. The zero-order valence-corrected chi connectivity index (χ0v) is 26.5. The van der Waals surface area contributed by atoms with Gasteiger partial charge in [0, 0.05) is 41.9 Å². The van der Waals surface area contributed by atoms with E-state index >= 15 is 0 Å². The van der Waals surface area contributed by atoms with Crippen LogP contribution >= 0.6 is 0 Å². The van der Waals surface area contributed by atoms with Gasteiger partial charge < -0.3 is 33.5 Å². The molecule has 1 spiro atoms. The van der Waals surface area contributed by atoms with Crippen LogP contribution in [0.1, 0.15) is 19.2 Å². The van der Waals surface area contributed by atoms with Gasteiger partial charge in [-0.25, -0.2) is 19.7 Å². The largest absolute Gasteiger partial charge is 0.504 e. The van der Waals surface area contributed by atoms with E-state index < -0.39 is 42.0 Å². The molecule has 3 saturated heterocycles. The Morgan fingerprint density at radius 3 is 2.53 bits per heavy atom. The fourth-order valence-electron chi connectivity index (χ4n) is 6.81. The molecule has 7 heterocycles. The summed E-state index contributed by atoms with van der Waals surface area (Å²) in [4.78, 5) is 27.7. The molecule has 0 amide bonds. The summed E-state index contributed by atoms with van der Waals surface area (Å²) in [6.07, 6.45) is -7.61. The molecule has 51 heavy (non-hydrogen) atoms. The minimum absolute atomic E-state index is 0.0367. The number of anilines is 2. The van der Waals surface area contributed by atoms with Crippen LogP contribution < -0.4 is 14.5 Å². The number of aliphatic carboxylic acids is 1. The molecule has 268 valence electrons. The van der Waals surface area contributed by atoms with Crippen molar-refractivity contribution in [1.82, 2.24) is 24.7 Å². The average Bonchev–Trinajstić information content (AvgIpc) is 3.81. The van der Waals surface area contributed by atoms with E-state index in [0.717, 1.165) is 12.4 Å². The van der Waals surface area contributed by atoms with E-state index in [-0.39, 0.29) is 57.6 Å². The lowest BCUT2D eigenvalue weighted by Gasteiger charge is -2.53. The number of carboxylic acids is 1. The van der Waals surface area contributed by atoms with E-state index in [1.807, 2.05) is 11.8 Å². The Bertz CT molecular complexity index is 2150. The average molecular weight is 720 g/mol. The molecule has 0 bridgehead atoms. The molecule has 5 aromatic rings. The van der Waals surface area contributed by atoms with Crippen LogP contribution in [0.3, 0.4) is 0 Å². The Kier molecular flexibility index (Phi) is 7.56. The molecule has 3 aliphatic rings. The number of carbonyl (C=O) groups is 1. The number of pyridine rings is 1. The van der Waals surface area contributed by atoms with Gasteiger partial charge in [0.2, 0.25) is 11.7 Å². The topological polar surface area (TPSA) is 141 Å². The fraction of sp³-hybridized carbons (Fsp3) is 0.406. The van der Waals surface area contributed by atoms with Crippen molar-refractivity contribution in [1.29, 1.82) is 0 Å². The molecule has 0 unspecified atom stereocenters. The van der Waals surface area contributed by atoms with Crippen LogP contribution in [0, 0.1) is 0 Å². The first kappa shape index (κ1) is 33.0. The normalized spacial score (nSPS) is 22.2. The number of alkyl halides is 6. The van der Waals surface area contributed by atoms with E-state index in [1.165, 1.54) is 11.1 Å². The van der Waals surface area contributed by atoms with E-state index in [4.69, 9.17) is 18.6 Å². The van der Waals surface area contributed by atoms with Crippen LogP contribution in [-0.4, -0.2) is 92.5 Å². The number of furan rings is 1. The predicted octanol–water partition coefficient (Wildman–Crippen LogP) is 5.23. The zero-order valence-electron chi connectivity index (χ0n) is 26.5. The number of benzene rings is 1. The molecule has 3 atom stereocenters. The maximum Gasteiger partial charge on any atom is 0.504 e. The first-order valence-corrected chi connectivity index (χ1v) is 15.7. The number of morpholine rings is 1. The molecule has 3 aliphatic heterocycles. The van der Waals surface area contributed by atoms with Gasteiger partial charge in [-0.2, -0.15) is 23.0 Å². The summed E-state index contributed by atoms with van der Waals surface area (Å²) in [5, 5.41) is 14.0. The van der Waals surface area contributed by atoms with Crippen LogP contribution in [0.25, 0.3) is 33.2 Å². The molecule has 8 rings (SSSR count). The standard InChI is InChI=1S/C32H27F6N7O6/c1-16-30(14-48-15-30)49-7-6-43(16)21-8-17(18-11-40-45(12-18)32(36,37)38)10-39-27(21)50-19-9-22(28(46)47)44(13-19)26-25-24(41-29(42-26)31(33,34)35)20-4-2-3-5-23(20)51-25/h2-5,8,10-12,16,19,22H,6-7,9,13-15H2,1H3,(H,46,47)/t16-,19-,22-/m0/s1. The summed E-state index contributed by atoms with van der Waals surface area (Å²) in [6, 6.07) is 6.27. The van der Waals surface area contributed by atoms with Crippen LogP contribution in [0.15, 0.2) is 53.3 Å². The SMILES string of the molecule is C[C@@H]1N(c2cc(-c3cnn(C(F)(F)F)c3)cnc2O[C@H]2C[C@@H](C(=O)O)N(c3nc(C(F)(F)F)nc4c3oc3ccccc34)C2)CCOC12COC2. The van der Waals surface area contributed by atoms with Gasteiger partial charge in [0.15, 0.2) is 11.4 Å².